The van der Waals surface area contributed by atoms with Crippen LogP contribution in [-0.4, -0.2) is 32.9 Å². The molecule has 0 fully saturated rings. The van der Waals surface area contributed by atoms with Gasteiger partial charge in [0.05, 0.1) is 13.2 Å². The van der Waals surface area contributed by atoms with Gasteiger partial charge in [0.15, 0.2) is 0 Å². The Labute approximate surface area is 143 Å². The Kier molecular flexibility index (Phi) is 4.87. The first-order valence-corrected chi connectivity index (χ1v) is 11.4. The fourth-order valence-electron chi connectivity index (χ4n) is 3.79. The molecule has 2 aromatic heterocycles. The van der Waals surface area contributed by atoms with Crippen molar-refractivity contribution in [3.8, 4) is 0 Å². The summed E-state index contributed by atoms with van der Waals surface area (Å²) < 4.78 is 1.82. The van der Waals surface area contributed by atoms with Crippen molar-refractivity contribution in [3.05, 3.63) is 42.0 Å². The van der Waals surface area contributed by atoms with Crippen LogP contribution in [0.2, 0.25) is 18.1 Å². The topological polar surface area (TPSA) is 66.7 Å². The second-order valence-electron chi connectivity index (χ2n) is 6.45. The van der Waals surface area contributed by atoms with Crippen LogP contribution < -0.4 is 5.32 Å². The minimum Gasteiger partial charge on any atom is -0.392 e. The first kappa shape index (κ1) is 16.9. The Bertz CT molecular complexity index is 798. The highest BCUT2D eigenvalue weighted by atomic mass is 28.3. The molecule has 0 saturated heterocycles. The summed E-state index contributed by atoms with van der Waals surface area (Å²) in [6.45, 7) is 7.67. The van der Waals surface area contributed by atoms with Gasteiger partial charge in [-0.25, -0.2) is 9.67 Å². The molecule has 0 atom stereocenters. The fraction of sp³-hybridized carbons (Fsp3) is 0.444. The number of hydrogen-bond donors (Lipinski definition) is 2. The first-order valence-electron chi connectivity index (χ1n) is 8.74. The Hall–Kier alpha value is -1.92. The fourth-order valence-corrected chi connectivity index (χ4v) is 7.61. The predicted octanol–water partition coefficient (Wildman–Crippen LogP) is 3.02. The SMILES string of the molecule is CC[Si](CC)(CC)c1[nH]c2ccc(Cn3cncn3)cc2c1CO. The van der Waals surface area contributed by atoms with Crippen molar-refractivity contribution >= 4 is 24.3 Å². The van der Waals surface area contributed by atoms with Crippen LogP contribution in [0.15, 0.2) is 30.9 Å². The van der Waals surface area contributed by atoms with E-state index >= 15 is 0 Å². The minimum absolute atomic E-state index is 0.0941. The van der Waals surface area contributed by atoms with E-state index in [-0.39, 0.29) is 6.61 Å². The highest BCUT2D eigenvalue weighted by molar-refractivity contribution is 6.91. The number of aliphatic hydroxyl groups is 1. The van der Waals surface area contributed by atoms with Gasteiger partial charge in [-0.1, -0.05) is 45.0 Å². The molecule has 0 aliphatic rings. The van der Waals surface area contributed by atoms with Gasteiger partial charge in [-0.2, -0.15) is 5.10 Å². The normalized spacial score (nSPS) is 12.2. The average Bonchev–Trinajstić information content (AvgIpc) is 3.24. The molecule has 0 amide bonds. The number of H-pyrrole nitrogens is 1. The van der Waals surface area contributed by atoms with Gasteiger partial charge in [-0.05, 0) is 17.7 Å². The quantitative estimate of drug-likeness (QED) is 0.649. The molecule has 0 saturated carbocycles. The molecular formula is C18H26N4OSi. The lowest BCUT2D eigenvalue weighted by molar-refractivity contribution is 0.284. The highest BCUT2D eigenvalue weighted by Gasteiger charge is 2.33. The molecule has 3 aromatic rings. The molecule has 24 heavy (non-hydrogen) atoms. The summed E-state index contributed by atoms with van der Waals surface area (Å²) in [5.74, 6) is 0. The molecule has 128 valence electrons. The third-order valence-corrected chi connectivity index (χ3v) is 11.0. The van der Waals surface area contributed by atoms with Gasteiger partial charge < -0.3 is 10.1 Å². The predicted molar refractivity (Wildman–Crippen MR) is 100 cm³/mol. The number of rotatable bonds is 7. The number of benzene rings is 1. The van der Waals surface area contributed by atoms with Crippen LogP contribution in [0.3, 0.4) is 0 Å². The zero-order valence-corrected chi connectivity index (χ0v) is 15.7. The largest absolute Gasteiger partial charge is 0.392 e. The third kappa shape index (κ3) is 2.80. The summed E-state index contributed by atoms with van der Waals surface area (Å²) in [6.07, 6.45) is 3.28. The molecule has 2 N–H and O–H groups in total. The van der Waals surface area contributed by atoms with Gasteiger partial charge in [-0.15, -0.1) is 0 Å². The third-order valence-electron chi connectivity index (χ3n) is 5.50. The summed E-state index contributed by atoms with van der Waals surface area (Å²) in [6, 6.07) is 10.0. The van der Waals surface area contributed by atoms with E-state index in [4.69, 9.17) is 0 Å². The lowest BCUT2D eigenvalue weighted by atomic mass is 10.1. The first-order chi connectivity index (χ1) is 11.7. The van der Waals surface area contributed by atoms with E-state index in [1.807, 2.05) is 4.68 Å². The number of fused-ring (bicyclic) bond motifs is 1. The maximum absolute atomic E-state index is 10.1. The standard InChI is InChI=1S/C18H26N4OSi/c1-4-24(5-2,6-3)18-16(11-23)15-9-14(7-8-17(15)21-18)10-22-13-19-12-20-22/h7-9,12-13,21,23H,4-6,10-11H2,1-3H3. The van der Waals surface area contributed by atoms with Crippen LogP contribution in [0, 0.1) is 0 Å². The van der Waals surface area contributed by atoms with E-state index in [1.165, 1.54) is 29.0 Å². The van der Waals surface area contributed by atoms with E-state index < -0.39 is 8.07 Å². The summed E-state index contributed by atoms with van der Waals surface area (Å²) in [5, 5.41) is 16.7. The van der Waals surface area contributed by atoms with Crippen molar-refractivity contribution in [2.24, 2.45) is 0 Å². The van der Waals surface area contributed by atoms with Crippen molar-refractivity contribution in [1.29, 1.82) is 0 Å². The lowest BCUT2D eigenvalue weighted by Gasteiger charge is -2.28. The summed E-state index contributed by atoms with van der Waals surface area (Å²) >= 11 is 0. The monoisotopic (exact) mass is 342 g/mol. The van der Waals surface area contributed by atoms with E-state index in [0.717, 1.165) is 16.5 Å². The van der Waals surface area contributed by atoms with E-state index in [0.29, 0.717) is 6.54 Å². The maximum Gasteiger partial charge on any atom is 0.137 e. The molecule has 1 aromatic carbocycles. The molecule has 0 spiro atoms. The molecule has 2 heterocycles. The molecule has 0 radical (unpaired) electrons. The Morgan fingerprint density at radius 3 is 2.50 bits per heavy atom. The highest BCUT2D eigenvalue weighted by Crippen LogP contribution is 2.27. The molecule has 0 aliphatic carbocycles. The van der Waals surface area contributed by atoms with Crippen LogP contribution in [-0.2, 0) is 13.2 Å². The minimum atomic E-state index is -1.57. The van der Waals surface area contributed by atoms with E-state index in [9.17, 15) is 5.11 Å². The maximum atomic E-state index is 10.1. The summed E-state index contributed by atoms with van der Waals surface area (Å²) in [5.41, 5.74) is 3.40. The molecule has 0 aliphatic heterocycles. The van der Waals surface area contributed by atoms with Crippen molar-refractivity contribution in [2.45, 2.75) is 52.1 Å². The van der Waals surface area contributed by atoms with Crippen molar-refractivity contribution in [3.63, 3.8) is 0 Å². The molecule has 6 heteroatoms. The molecular weight excluding hydrogens is 316 g/mol. The lowest BCUT2D eigenvalue weighted by Crippen LogP contribution is -2.48. The molecule has 0 unspecified atom stereocenters. The van der Waals surface area contributed by atoms with Crippen LogP contribution in [0.5, 0.6) is 0 Å². The van der Waals surface area contributed by atoms with Gasteiger partial charge >= 0.3 is 0 Å². The second kappa shape index (κ2) is 6.90. The number of nitrogens with one attached hydrogen (secondary N) is 1. The molecule has 5 nitrogen and oxygen atoms in total. The van der Waals surface area contributed by atoms with E-state index in [2.05, 4.69) is 54.0 Å². The number of aromatic amines is 1. The van der Waals surface area contributed by atoms with Crippen molar-refractivity contribution in [1.82, 2.24) is 19.7 Å². The number of aromatic nitrogens is 4. The van der Waals surface area contributed by atoms with Gasteiger partial charge in [-0.3, -0.25) is 0 Å². The zero-order valence-electron chi connectivity index (χ0n) is 14.7. The second-order valence-corrected chi connectivity index (χ2v) is 11.6. The number of aliphatic hydroxyl groups excluding tert-OH is 1. The summed E-state index contributed by atoms with van der Waals surface area (Å²) in [7, 11) is -1.57. The Balaban J connectivity index is 2.09. The summed E-state index contributed by atoms with van der Waals surface area (Å²) in [4.78, 5) is 7.66. The van der Waals surface area contributed by atoms with Gasteiger partial charge in [0.1, 0.15) is 20.7 Å². The van der Waals surface area contributed by atoms with Crippen LogP contribution >= 0.6 is 0 Å². The van der Waals surface area contributed by atoms with Gasteiger partial charge in [0.25, 0.3) is 0 Å². The van der Waals surface area contributed by atoms with Gasteiger partial charge in [0, 0.05) is 21.8 Å². The van der Waals surface area contributed by atoms with Crippen LogP contribution in [0.4, 0.5) is 0 Å². The average molecular weight is 343 g/mol. The van der Waals surface area contributed by atoms with Crippen molar-refractivity contribution in [2.75, 3.05) is 0 Å². The smallest absolute Gasteiger partial charge is 0.137 e. The zero-order chi connectivity index (χ0) is 17.2. The molecule has 3 rings (SSSR count). The van der Waals surface area contributed by atoms with E-state index in [1.54, 1.807) is 12.7 Å². The van der Waals surface area contributed by atoms with Gasteiger partial charge in [0.2, 0.25) is 0 Å². The Morgan fingerprint density at radius 1 is 1.17 bits per heavy atom. The number of nitrogens with zero attached hydrogens (tertiary/aromatic N) is 3. The van der Waals surface area contributed by atoms with Crippen LogP contribution in [0.1, 0.15) is 31.9 Å². The van der Waals surface area contributed by atoms with Crippen molar-refractivity contribution < 1.29 is 5.11 Å². The van der Waals surface area contributed by atoms with Crippen LogP contribution in [0.25, 0.3) is 10.9 Å². The Morgan fingerprint density at radius 2 is 1.92 bits per heavy atom. The molecule has 0 bridgehead atoms. The number of hydrogen-bond acceptors (Lipinski definition) is 3.